The summed E-state index contributed by atoms with van der Waals surface area (Å²) >= 11 is 0. The van der Waals surface area contributed by atoms with Crippen LogP contribution in [-0.2, 0) is 0 Å². The topological polar surface area (TPSA) is 78.3 Å². The van der Waals surface area contributed by atoms with Gasteiger partial charge < -0.3 is 14.6 Å². The Hall–Kier alpha value is -2.08. The zero-order chi connectivity index (χ0) is 12.5. The molecule has 0 atom stereocenters. The lowest BCUT2D eigenvalue weighted by Crippen LogP contribution is -2.46. The Balaban J connectivity index is 2.02. The quantitative estimate of drug-likeness (QED) is 0.752. The SMILES string of the molecule is O=C(c1cccc2oc(=O)[nH]c12)N1CCNCC1. The third-order valence-electron chi connectivity index (χ3n) is 3.09. The molecule has 6 nitrogen and oxygen atoms in total. The van der Waals surface area contributed by atoms with Crippen molar-refractivity contribution in [3.8, 4) is 0 Å². The molecule has 0 bridgehead atoms. The molecule has 0 saturated carbocycles. The van der Waals surface area contributed by atoms with Crippen LogP contribution in [0.2, 0.25) is 0 Å². The fraction of sp³-hybridized carbons (Fsp3) is 0.333. The number of piperazine rings is 1. The number of rotatable bonds is 1. The second-order valence-electron chi connectivity index (χ2n) is 4.24. The van der Waals surface area contributed by atoms with E-state index in [0.29, 0.717) is 29.8 Å². The number of aromatic amines is 1. The summed E-state index contributed by atoms with van der Waals surface area (Å²) in [6.07, 6.45) is 0. The summed E-state index contributed by atoms with van der Waals surface area (Å²) in [5.41, 5.74) is 1.38. The summed E-state index contributed by atoms with van der Waals surface area (Å²) in [4.78, 5) is 27.9. The Bertz CT molecular complexity index is 637. The summed E-state index contributed by atoms with van der Waals surface area (Å²) in [6, 6.07) is 5.09. The molecule has 1 saturated heterocycles. The van der Waals surface area contributed by atoms with Crippen molar-refractivity contribution in [1.29, 1.82) is 0 Å². The lowest BCUT2D eigenvalue weighted by atomic mass is 10.1. The Morgan fingerprint density at radius 1 is 1.28 bits per heavy atom. The highest BCUT2D eigenvalue weighted by Crippen LogP contribution is 2.17. The van der Waals surface area contributed by atoms with Crippen molar-refractivity contribution in [2.24, 2.45) is 0 Å². The lowest BCUT2D eigenvalue weighted by molar-refractivity contribution is 0.0737. The molecule has 1 amide bonds. The Morgan fingerprint density at radius 3 is 2.83 bits per heavy atom. The molecule has 2 heterocycles. The first-order valence-electron chi connectivity index (χ1n) is 5.87. The van der Waals surface area contributed by atoms with Gasteiger partial charge in [-0.3, -0.25) is 9.78 Å². The predicted octanol–water partition coefficient (Wildman–Crippen LogP) is 0.166. The van der Waals surface area contributed by atoms with Crippen LogP contribution in [0, 0.1) is 0 Å². The number of hydrogen-bond donors (Lipinski definition) is 2. The minimum atomic E-state index is -0.537. The van der Waals surface area contributed by atoms with E-state index in [1.807, 2.05) is 0 Å². The first kappa shape index (κ1) is 11.0. The first-order chi connectivity index (χ1) is 8.75. The molecule has 1 fully saturated rings. The van der Waals surface area contributed by atoms with Crippen LogP contribution in [0.15, 0.2) is 27.4 Å². The summed E-state index contributed by atoms with van der Waals surface area (Å²) in [5, 5.41) is 3.19. The smallest absolute Gasteiger partial charge is 0.408 e. The summed E-state index contributed by atoms with van der Waals surface area (Å²) < 4.78 is 4.95. The van der Waals surface area contributed by atoms with Crippen molar-refractivity contribution < 1.29 is 9.21 Å². The van der Waals surface area contributed by atoms with Crippen LogP contribution in [0.5, 0.6) is 0 Å². The van der Waals surface area contributed by atoms with Crippen LogP contribution in [0.1, 0.15) is 10.4 Å². The van der Waals surface area contributed by atoms with Gasteiger partial charge in [-0.05, 0) is 12.1 Å². The largest absolute Gasteiger partial charge is 0.417 e. The van der Waals surface area contributed by atoms with Crippen LogP contribution < -0.4 is 11.1 Å². The third kappa shape index (κ3) is 1.80. The van der Waals surface area contributed by atoms with E-state index in [0.717, 1.165) is 13.1 Å². The van der Waals surface area contributed by atoms with Gasteiger partial charge in [-0.1, -0.05) is 6.07 Å². The molecule has 3 rings (SSSR count). The highest BCUT2D eigenvalue weighted by Gasteiger charge is 2.21. The highest BCUT2D eigenvalue weighted by molar-refractivity contribution is 6.04. The summed E-state index contributed by atoms with van der Waals surface area (Å²) in [6.45, 7) is 2.95. The number of para-hydroxylation sites is 1. The predicted molar refractivity (Wildman–Crippen MR) is 65.6 cm³/mol. The van der Waals surface area contributed by atoms with Crippen molar-refractivity contribution in [1.82, 2.24) is 15.2 Å². The molecule has 6 heteroatoms. The van der Waals surface area contributed by atoms with Crippen LogP contribution in [-0.4, -0.2) is 42.0 Å². The van der Waals surface area contributed by atoms with Gasteiger partial charge >= 0.3 is 5.76 Å². The molecule has 1 aliphatic rings. The maximum Gasteiger partial charge on any atom is 0.417 e. The summed E-state index contributed by atoms with van der Waals surface area (Å²) in [7, 11) is 0. The van der Waals surface area contributed by atoms with E-state index in [1.54, 1.807) is 23.1 Å². The van der Waals surface area contributed by atoms with Crippen LogP contribution in [0.25, 0.3) is 11.1 Å². The molecule has 18 heavy (non-hydrogen) atoms. The number of aromatic nitrogens is 1. The van der Waals surface area contributed by atoms with E-state index in [4.69, 9.17) is 4.42 Å². The summed E-state index contributed by atoms with van der Waals surface area (Å²) in [5.74, 6) is -0.607. The number of carbonyl (C=O) groups is 1. The second-order valence-corrected chi connectivity index (χ2v) is 4.24. The van der Waals surface area contributed by atoms with Gasteiger partial charge in [-0.2, -0.15) is 0 Å². The normalized spacial score (nSPS) is 16.1. The number of oxazole rings is 1. The molecule has 94 valence electrons. The Morgan fingerprint density at radius 2 is 2.06 bits per heavy atom. The van der Waals surface area contributed by atoms with Crippen molar-refractivity contribution in [3.63, 3.8) is 0 Å². The number of nitrogens with zero attached hydrogens (tertiary/aromatic N) is 1. The number of benzene rings is 1. The molecule has 0 spiro atoms. The number of nitrogens with one attached hydrogen (secondary N) is 2. The van der Waals surface area contributed by atoms with E-state index in [9.17, 15) is 9.59 Å². The molecule has 2 aromatic rings. The average molecular weight is 247 g/mol. The average Bonchev–Trinajstić information content (AvgIpc) is 2.79. The van der Waals surface area contributed by atoms with E-state index in [1.165, 1.54) is 0 Å². The molecule has 0 radical (unpaired) electrons. The number of carbonyl (C=O) groups excluding carboxylic acids is 1. The van der Waals surface area contributed by atoms with Gasteiger partial charge in [-0.25, -0.2) is 4.79 Å². The maximum atomic E-state index is 12.4. The lowest BCUT2D eigenvalue weighted by Gasteiger charge is -2.27. The Labute approximate surface area is 103 Å². The number of amides is 1. The van der Waals surface area contributed by atoms with Gasteiger partial charge in [0.1, 0.15) is 0 Å². The van der Waals surface area contributed by atoms with Gasteiger partial charge in [0, 0.05) is 26.2 Å². The molecular formula is C12H13N3O3. The molecule has 0 unspecified atom stereocenters. The minimum Gasteiger partial charge on any atom is -0.408 e. The van der Waals surface area contributed by atoms with Crippen molar-refractivity contribution >= 4 is 17.0 Å². The van der Waals surface area contributed by atoms with Gasteiger partial charge in [0.25, 0.3) is 5.91 Å². The zero-order valence-electron chi connectivity index (χ0n) is 9.73. The number of hydrogen-bond acceptors (Lipinski definition) is 4. The molecule has 1 aromatic carbocycles. The van der Waals surface area contributed by atoms with E-state index in [2.05, 4.69) is 10.3 Å². The van der Waals surface area contributed by atoms with Crippen LogP contribution in [0.4, 0.5) is 0 Å². The van der Waals surface area contributed by atoms with Gasteiger partial charge in [0.2, 0.25) is 0 Å². The van der Waals surface area contributed by atoms with E-state index < -0.39 is 5.76 Å². The third-order valence-corrected chi connectivity index (χ3v) is 3.09. The Kier molecular flexibility index (Phi) is 2.64. The molecule has 2 N–H and O–H groups in total. The second kappa shape index (κ2) is 4.30. The number of fused-ring (bicyclic) bond motifs is 1. The van der Waals surface area contributed by atoms with E-state index in [-0.39, 0.29) is 5.91 Å². The highest BCUT2D eigenvalue weighted by atomic mass is 16.4. The van der Waals surface area contributed by atoms with Gasteiger partial charge in [0.15, 0.2) is 5.58 Å². The fourth-order valence-electron chi connectivity index (χ4n) is 2.19. The van der Waals surface area contributed by atoms with Gasteiger partial charge in [0.05, 0.1) is 11.1 Å². The fourth-order valence-corrected chi connectivity index (χ4v) is 2.19. The molecule has 1 aromatic heterocycles. The monoisotopic (exact) mass is 247 g/mol. The van der Waals surface area contributed by atoms with Gasteiger partial charge in [-0.15, -0.1) is 0 Å². The van der Waals surface area contributed by atoms with Crippen LogP contribution >= 0.6 is 0 Å². The molecule has 1 aliphatic heterocycles. The maximum absolute atomic E-state index is 12.4. The van der Waals surface area contributed by atoms with Crippen molar-refractivity contribution in [2.75, 3.05) is 26.2 Å². The van der Waals surface area contributed by atoms with E-state index >= 15 is 0 Å². The molecule has 0 aliphatic carbocycles. The molecular weight excluding hydrogens is 234 g/mol. The first-order valence-corrected chi connectivity index (χ1v) is 5.87. The van der Waals surface area contributed by atoms with Crippen LogP contribution in [0.3, 0.4) is 0 Å². The minimum absolute atomic E-state index is 0.0702. The van der Waals surface area contributed by atoms with Crippen molar-refractivity contribution in [2.45, 2.75) is 0 Å². The van der Waals surface area contributed by atoms with Crippen molar-refractivity contribution in [3.05, 3.63) is 34.3 Å². The zero-order valence-corrected chi connectivity index (χ0v) is 9.73. The number of H-pyrrole nitrogens is 1. The standard InChI is InChI=1S/C12H13N3O3/c16-11(15-6-4-13-5-7-15)8-2-1-3-9-10(8)14-12(17)18-9/h1-3,13H,4-7H2,(H,14,17).